The van der Waals surface area contributed by atoms with Crippen LogP contribution < -0.4 is 4.72 Å². The van der Waals surface area contributed by atoms with E-state index in [1.54, 1.807) is 0 Å². The van der Waals surface area contributed by atoms with Crippen LogP contribution in [0.1, 0.15) is 19.3 Å². The predicted molar refractivity (Wildman–Crippen MR) is 63.9 cm³/mol. The number of alkyl halides is 1. The Kier molecular flexibility index (Phi) is 3.37. The first kappa shape index (κ1) is 12.1. The molecule has 2 rings (SSSR count). The summed E-state index contributed by atoms with van der Waals surface area (Å²) in [7, 11) is -3.39. The second-order valence-electron chi connectivity index (χ2n) is 4.20. The van der Waals surface area contributed by atoms with Crippen LogP contribution in [0.4, 0.5) is 0 Å². The molecular weight excluding hydrogens is 294 g/mol. The number of aromatic amines is 1. The highest BCUT2D eigenvalue weighted by Crippen LogP contribution is 2.48. The van der Waals surface area contributed by atoms with Crippen LogP contribution in [0.15, 0.2) is 17.3 Å². The third-order valence-electron chi connectivity index (χ3n) is 3.00. The fourth-order valence-electron chi connectivity index (χ4n) is 1.61. The highest BCUT2D eigenvalue weighted by atomic mass is 79.9. The summed E-state index contributed by atoms with van der Waals surface area (Å²) >= 11 is 3.39. The van der Waals surface area contributed by atoms with Crippen molar-refractivity contribution in [3.05, 3.63) is 12.4 Å². The normalized spacial score (nSPS) is 18.6. The van der Waals surface area contributed by atoms with Crippen LogP contribution in [0.25, 0.3) is 0 Å². The average molecular weight is 308 g/mol. The summed E-state index contributed by atoms with van der Waals surface area (Å²) < 4.78 is 26.2. The van der Waals surface area contributed by atoms with Crippen molar-refractivity contribution in [3.8, 4) is 0 Å². The zero-order chi connectivity index (χ0) is 11.6. The maximum absolute atomic E-state index is 11.8. The van der Waals surface area contributed by atoms with Gasteiger partial charge in [-0.2, -0.15) is 5.10 Å². The van der Waals surface area contributed by atoms with Gasteiger partial charge in [-0.3, -0.25) is 5.10 Å². The Morgan fingerprint density at radius 2 is 2.31 bits per heavy atom. The molecule has 1 aromatic heterocycles. The van der Waals surface area contributed by atoms with Crippen molar-refractivity contribution in [2.45, 2.75) is 24.2 Å². The van der Waals surface area contributed by atoms with Crippen LogP contribution in [-0.2, 0) is 10.0 Å². The molecule has 0 radical (unpaired) electrons. The third kappa shape index (κ3) is 2.64. The smallest absolute Gasteiger partial charge is 0.243 e. The highest BCUT2D eigenvalue weighted by Gasteiger charge is 2.42. The van der Waals surface area contributed by atoms with E-state index in [4.69, 9.17) is 0 Å². The Morgan fingerprint density at radius 1 is 1.56 bits per heavy atom. The van der Waals surface area contributed by atoms with E-state index in [0.717, 1.165) is 24.6 Å². The minimum absolute atomic E-state index is 0.181. The van der Waals surface area contributed by atoms with Gasteiger partial charge < -0.3 is 0 Å². The molecular formula is C9H14BrN3O2S. The minimum Gasteiger partial charge on any atom is -0.284 e. The molecule has 0 unspecified atom stereocenters. The number of nitrogens with one attached hydrogen (secondary N) is 2. The number of halogens is 1. The fourth-order valence-corrected chi connectivity index (χ4v) is 3.51. The van der Waals surface area contributed by atoms with Crippen molar-refractivity contribution in [3.63, 3.8) is 0 Å². The number of rotatable bonds is 6. The van der Waals surface area contributed by atoms with E-state index in [9.17, 15) is 8.42 Å². The molecule has 0 aromatic carbocycles. The van der Waals surface area contributed by atoms with Crippen LogP contribution in [0.5, 0.6) is 0 Å². The van der Waals surface area contributed by atoms with Crippen molar-refractivity contribution < 1.29 is 8.42 Å². The SMILES string of the molecule is O=S(=O)(NCC1(CCBr)CC1)c1cn[nH]c1. The van der Waals surface area contributed by atoms with E-state index in [-0.39, 0.29) is 10.3 Å². The molecule has 0 bridgehead atoms. The van der Waals surface area contributed by atoms with Crippen LogP contribution in [0, 0.1) is 5.41 Å². The van der Waals surface area contributed by atoms with Crippen LogP contribution in [0.2, 0.25) is 0 Å². The van der Waals surface area contributed by atoms with Gasteiger partial charge in [-0.25, -0.2) is 13.1 Å². The fraction of sp³-hybridized carbons (Fsp3) is 0.667. The van der Waals surface area contributed by atoms with Crippen LogP contribution in [-0.4, -0.2) is 30.5 Å². The standard InChI is InChI=1S/C9H14BrN3O2S/c10-4-3-9(1-2-9)7-13-16(14,15)8-5-11-12-6-8/h5-6,13H,1-4,7H2,(H,11,12). The van der Waals surface area contributed by atoms with Crippen molar-refractivity contribution in [1.82, 2.24) is 14.9 Å². The molecule has 16 heavy (non-hydrogen) atoms. The van der Waals surface area contributed by atoms with Gasteiger partial charge in [0.05, 0.1) is 6.20 Å². The Morgan fingerprint density at radius 3 is 2.81 bits per heavy atom. The second-order valence-corrected chi connectivity index (χ2v) is 6.76. The second kappa shape index (κ2) is 4.46. The lowest BCUT2D eigenvalue weighted by molar-refractivity contribution is 0.480. The molecule has 0 atom stereocenters. The molecule has 1 heterocycles. The van der Waals surface area contributed by atoms with E-state index in [2.05, 4.69) is 30.8 Å². The zero-order valence-electron chi connectivity index (χ0n) is 8.74. The van der Waals surface area contributed by atoms with Gasteiger partial charge in [0.25, 0.3) is 0 Å². The van der Waals surface area contributed by atoms with Gasteiger partial charge in [0.2, 0.25) is 10.0 Å². The lowest BCUT2D eigenvalue weighted by Gasteiger charge is -2.13. The van der Waals surface area contributed by atoms with Gasteiger partial charge in [-0.1, -0.05) is 15.9 Å². The number of aromatic nitrogens is 2. The minimum atomic E-state index is -3.39. The van der Waals surface area contributed by atoms with Gasteiger partial charge in [-0.15, -0.1) is 0 Å². The molecule has 5 nitrogen and oxygen atoms in total. The third-order valence-corrected chi connectivity index (χ3v) is 4.77. The van der Waals surface area contributed by atoms with Gasteiger partial charge in [0.1, 0.15) is 4.90 Å². The zero-order valence-corrected chi connectivity index (χ0v) is 11.1. The van der Waals surface area contributed by atoms with Gasteiger partial charge in [0, 0.05) is 18.1 Å². The molecule has 1 fully saturated rings. The Balaban J connectivity index is 1.96. The summed E-state index contributed by atoms with van der Waals surface area (Å²) in [6.07, 6.45) is 5.92. The number of sulfonamides is 1. The quantitative estimate of drug-likeness (QED) is 0.777. The molecule has 0 aliphatic heterocycles. The maximum atomic E-state index is 11.8. The molecule has 90 valence electrons. The Hall–Kier alpha value is -0.400. The molecule has 1 aliphatic rings. The average Bonchev–Trinajstić information content (AvgIpc) is 2.81. The first-order valence-corrected chi connectivity index (χ1v) is 7.73. The number of H-pyrrole nitrogens is 1. The number of hydrogen-bond donors (Lipinski definition) is 2. The van der Waals surface area contributed by atoms with E-state index < -0.39 is 10.0 Å². The number of hydrogen-bond acceptors (Lipinski definition) is 3. The Labute approximate surface area is 103 Å². The molecule has 0 saturated heterocycles. The molecule has 1 aliphatic carbocycles. The maximum Gasteiger partial charge on any atom is 0.243 e. The summed E-state index contributed by atoms with van der Waals surface area (Å²) in [6, 6.07) is 0. The van der Waals surface area contributed by atoms with E-state index in [1.165, 1.54) is 12.4 Å². The first-order valence-electron chi connectivity index (χ1n) is 5.12. The molecule has 2 N–H and O–H groups in total. The van der Waals surface area contributed by atoms with E-state index in [0.29, 0.717) is 6.54 Å². The van der Waals surface area contributed by atoms with Gasteiger partial charge in [0.15, 0.2) is 0 Å². The van der Waals surface area contributed by atoms with Crippen molar-refractivity contribution in [1.29, 1.82) is 0 Å². The molecule has 1 aromatic rings. The monoisotopic (exact) mass is 307 g/mol. The van der Waals surface area contributed by atoms with Crippen LogP contribution >= 0.6 is 15.9 Å². The van der Waals surface area contributed by atoms with E-state index in [1.807, 2.05) is 0 Å². The summed E-state index contributed by atoms with van der Waals surface area (Å²) in [5.41, 5.74) is 0.181. The topological polar surface area (TPSA) is 74.8 Å². The summed E-state index contributed by atoms with van der Waals surface area (Å²) in [6.45, 7) is 0.520. The summed E-state index contributed by atoms with van der Waals surface area (Å²) in [5.74, 6) is 0. The lowest BCUT2D eigenvalue weighted by Crippen LogP contribution is -2.30. The lowest BCUT2D eigenvalue weighted by atomic mass is 10.1. The van der Waals surface area contributed by atoms with Gasteiger partial charge in [-0.05, 0) is 24.7 Å². The number of nitrogens with zero attached hydrogens (tertiary/aromatic N) is 1. The highest BCUT2D eigenvalue weighted by molar-refractivity contribution is 9.09. The molecule has 0 amide bonds. The van der Waals surface area contributed by atoms with Crippen molar-refractivity contribution in [2.24, 2.45) is 5.41 Å². The Bertz CT molecular complexity index is 439. The van der Waals surface area contributed by atoms with Crippen molar-refractivity contribution in [2.75, 3.05) is 11.9 Å². The van der Waals surface area contributed by atoms with Crippen LogP contribution in [0.3, 0.4) is 0 Å². The first-order chi connectivity index (χ1) is 7.58. The molecule has 1 saturated carbocycles. The van der Waals surface area contributed by atoms with E-state index >= 15 is 0 Å². The molecule has 0 spiro atoms. The van der Waals surface area contributed by atoms with Crippen molar-refractivity contribution >= 4 is 26.0 Å². The largest absolute Gasteiger partial charge is 0.284 e. The van der Waals surface area contributed by atoms with Gasteiger partial charge >= 0.3 is 0 Å². The predicted octanol–water partition coefficient (Wildman–Crippen LogP) is 1.25. The summed E-state index contributed by atoms with van der Waals surface area (Å²) in [5, 5.41) is 7.05. The summed E-state index contributed by atoms with van der Waals surface area (Å²) in [4.78, 5) is 0.196. The molecule has 7 heteroatoms.